The largest absolute Gasteiger partial charge is 0.507 e. The Morgan fingerprint density at radius 1 is 1.18 bits per heavy atom. The van der Waals surface area contributed by atoms with Crippen LogP contribution in [-0.4, -0.2) is 25.2 Å². The molecule has 22 heavy (non-hydrogen) atoms. The molecule has 3 aromatic rings. The number of aromatic amines is 1. The Balaban J connectivity index is 2.02. The van der Waals surface area contributed by atoms with Crippen molar-refractivity contribution in [1.29, 1.82) is 0 Å². The Morgan fingerprint density at radius 3 is 2.59 bits per heavy atom. The molecule has 1 heterocycles. The molecule has 7 nitrogen and oxygen atoms in total. The molecule has 0 aliphatic rings. The molecule has 0 spiro atoms. The number of phenols is 1. The summed E-state index contributed by atoms with van der Waals surface area (Å²) >= 11 is 0. The second-order valence-corrected chi connectivity index (χ2v) is 4.83. The highest BCUT2D eigenvalue weighted by Gasteiger charge is 2.15. The second kappa shape index (κ2) is 5.28. The van der Waals surface area contributed by atoms with Crippen LogP contribution in [0, 0.1) is 17.0 Å². The van der Waals surface area contributed by atoms with E-state index in [1.54, 1.807) is 0 Å². The van der Waals surface area contributed by atoms with Crippen molar-refractivity contribution in [3.63, 3.8) is 0 Å². The summed E-state index contributed by atoms with van der Waals surface area (Å²) in [5.41, 5.74) is 2.05. The third-order valence-corrected chi connectivity index (χ3v) is 3.24. The Morgan fingerprint density at radius 2 is 1.91 bits per heavy atom. The highest BCUT2D eigenvalue weighted by Crippen LogP contribution is 2.31. The number of nitrogens with one attached hydrogen (secondary N) is 1. The van der Waals surface area contributed by atoms with E-state index in [4.69, 9.17) is 0 Å². The number of aryl methyl sites for hydroxylation is 1. The third-order valence-electron chi connectivity index (χ3n) is 3.24. The van der Waals surface area contributed by atoms with Crippen LogP contribution in [0.3, 0.4) is 0 Å². The number of hydrogen-bond donors (Lipinski definition) is 2. The van der Waals surface area contributed by atoms with E-state index in [9.17, 15) is 15.2 Å². The van der Waals surface area contributed by atoms with Gasteiger partial charge in [0.1, 0.15) is 5.75 Å². The molecule has 0 fully saturated rings. The number of benzene rings is 2. The number of H-pyrrole nitrogens is 1. The van der Waals surface area contributed by atoms with Gasteiger partial charge in [-0.15, -0.1) is 0 Å². The summed E-state index contributed by atoms with van der Waals surface area (Å²) in [6.45, 7) is 1.98. The minimum Gasteiger partial charge on any atom is -0.507 e. The molecule has 7 heteroatoms. The molecule has 0 saturated heterocycles. The monoisotopic (exact) mass is 296 g/mol. The van der Waals surface area contributed by atoms with Gasteiger partial charge in [-0.1, -0.05) is 29.8 Å². The standard InChI is InChI=1S/C15H12N4O3/c1-9-2-4-10(5-3-9)14-16-15(18-17-14)12-8-11(19(21)22)6-7-13(12)20/h2-8,20H,1H3,(H,16,17,18). The van der Waals surface area contributed by atoms with E-state index in [0.717, 1.165) is 11.1 Å². The number of hydrogen-bond acceptors (Lipinski definition) is 5. The average Bonchev–Trinajstić information content (AvgIpc) is 2.98. The van der Waals surface area contributed by atoms with Gasteiger partial charge in [-0.2, -0.15) is 5.10 Å². The summed E-state index contributed by atoms with van der Waals surface area (Å²) in [5.74, 6) is 0.634. The molecular formula is C15H12N4O3. The topological polar surface area (TPSA) is 105 Å². The highest BCUT2D eigenvalue weighted by atomic mass is 16.6. The Labute approximate surface area is 125 Å². The van der Waals surface area contributed by atoms with Crippen molar-refractivity contribution in [3.05, 3.63) is 58.1 Å². The van der Waals surface area contributed by atoms with Gasteiger partial charge >= 0.3 is 0 Å². The SMILES string of the molecule is Cc1ccc(-c2n[nH]c(-c3cc([N+](=O)[O-])ccc3O)n2)cc1. The number of non-ortho nitro benzene ring substituents is 1. The van der Waals surface area contributed by atoms with Crippen LogP contribution in [0.5, 0.6) is 5.75 Å². The van der Waals surface area contributed by atoms with Gasteiger partial charge in [0.15, 0.2) is 11.6 Å². The molecule has 3 rings (SSSR count). The zero-order valence-electron chi connectivity index (χ0n) is 11.6. The van der Waals surface area contributed by atoms with E-state index in [1.165, 1.54) is 18.2 Å². The van der Waals surface area contributed by atoms with Gasteiger partial charge in [-0.3, -0.25) is 15.2 Å². The fourth-order valence-electron chi connectivity index (χ4n) is 2.04. The van der Waals surface area contributed by atoms with Crippen LogP contribution in [0.4, 0.5) is 5.69 Å². The summed E-state index contributed by atoms with van der Waals surface area (Å²) in [7, 11) is 0. The lowest BCUT2D eigenvalue weighted by molar-refractivity contribution is -0.384. The molecule has 1 aromatic heterocycles. The maximum absolute atomic E-state index is 10.8. The van der Waals surface area contributed by atoms with Crippen LogP contribution in [0.2, 0.25) is 0 Å². The minimum absolute atomic E-state index is 0.0998. The lowest BCUT2D eigenvalue weighted by Crippen LogP contribution is -1.89. The Bertz CT molecular complexity index is 840. The van der Waals surface area contributed by atoms with Crippen LogP contribution in [0.15, 0.2) is 42.5 Å². The van der Waals surface area contributed by atoms with Crippen LogP contribution in [0.25, 0.3) is 22.8 Å². The molecular weight excluding hydrogens is 284 g/mol. The van der Waals surface area contributed by atoms with E-state index in [1.807, 2.05) is 31.2 Å². The van der Waals surface area contributed by atoms with Crippen LogP contribution < -0.4 is 0 Å². The van der Waals surface area contributed by atoms with Gasteiger partial charge in [-0.25, -0.2) is 4.98 Å². The summed E-state index contributed by atoms with van der Waals surface area (Å²) in [5, 5.41) is 27.5. The fraction of sp³-hybridized carbons (Fsp3) is 0.0667. The minimum atomic E-state index is -0.528. The lowest BCUT2D eigenvalue weighted by Gasteiger charge is -2.00. The summed E-state index contributed by atoms with van der Waals surface area (Å²) in [4.78, 5) is 14.6. The first kappa shape index (κ1) is 13.7. The second-order valence-electron chi connectivity index (χ2n) is 4.83. The first-order valence-corrected chi connectivity index (χ1v) is 6.52. The fourth-order valence-corrected chi connectivity index (χ4v) is 2.04. The van der Waals surface area contributed by atoms with Gasteiger partial charge in [-0.05, 0) is 13.0 Å². The van der Waals surface area contributed by atoms with Gasteiger partial charge in [0, 0.05) is 17.7 Å². The van der Waals surface area contributed by atoms with Crippen molar-refractivity contribution in [2.75, 3.05) is 0 Å². The Kier molecular flexibility index (Phi) is 3.30. The summed E-state index contributed by atoms with van der Waals surface area (Å²) in [6.07, 6.45) is 0. The molecule has 0 aliphatic carbocycles. The van der Waals surface area contributed by atoms with E-state index in [2.05, 4.69) is 15.2 Å². The summed E-state index contributed by atoms with van der Waals surface area (Å²) in [6, 6.07) is 11.4. The van der Waals surface area contributed by atoms with Gasteiger partial charge in [0.25, 0.3) is 5.69 Å². The third kappa shape index (κ3) is 2.51. The number of nitro benzene ring substituents is 1. The van der Waals surface area contributed by atoms with Crippen LogP contribution in [0.1, 0.15) is 5.56 Å². The zero-order chi connectivity index (χ0) is 15.7. The first-order chi connectivity index (χ1) is 10.5. The van der Waals surface area contributed by atoms with Gasteiger partial charge in [0.2, 0.25) is 0 Å². The number of phenolic OH excluding ortho intramolecular Hbond substituents is 1. The molecule has 0 radical (unpaired) electrons. The van der Waals surface area contributed by atoms with Gasteiger partial charge < -0.3 is 5.11 Å². The average molecular weight is 296 g/mol. The van der Waals surface area contributed by atoms with Gasteiger partial charge in [0.05, 0.1) is 10.5 Å². The molecule has 0 amide bonds. The van der Waals surface area contributed by atoms with E-state index >= 15 is 0 Å². The van der Waals surface area contributed by atoms with Crippen molar-refractivity contribution < 1.29 is 10.0 Å². The highest BCUT2D eigenvalue weighted by molar-refractivity contribution is 5.69. The van der Waals surface area contributed by atoms with Crippen LogP contribution >= 0.6 is 0 Å². The number of nitro groups is 1. The van der Waals surface area contributed by atoms with E-state index < -0.39 is 4.92 Å². The normalized spacial score (nSPS) is 10.6. The zero-order valence-corrected chi connectivity index (χ0v) is 11.6. The van der Waals surface area contributed by atoms with Crippen molar-refractivity contribution >= 4 is 5.69 Å². The molecule has 110 valence electrons. The molecule has 0 aliphatic heterocycles. The Hall–Kier alpha value is -3.22. The number of nitrogens with zero attached hydrogens (tertiary/aromatic N) is 3. The van der Waals surface area contributed by atoms with E-state index in [-0.39, 0.29) is 22.8 Å². The van der Waals surface area contributed by atoms with E-state index in [0.29, 0.717) is 5.82 Å². The molecule has 2 N–H and O–H groups in total. The van der Waals surface area contributed by atoms with Crippen molar-refractivity contribution in [3.8, 4) is 28.5 Å². The van der Waals surface area contributed by atoms with Crippen LogP contribution in [-0.2, 0) is 0 Å². The summed E-state index contributed by atoms with van der Waals surface area (Å²) < 4.78 is 0. The number of aromatic hydroxyl groups is 1. The van der Waals surface area contributed by atoms with Crippen molar-refractivity contribution in [1.82, 2.24) is 15.2 Å². The quantitative estimate of drug-likeness (QED) is 0.571. The molecule has 0 saturated carbocycles. The first-order valence-electron chi connectivity index (χ1n) is 6.52. The number of aromatic nitrogens is 3. The number of rotatable bonds is 3. The molecule has 0 bridgehead atoms. The maximum atomic E-state index is 10.8. The van der Waals surface area contributed by atoms with Crippen molar-refractivity contribution in [2.45, 2.75) is 6.92 Å². The smallest absolute Gasteiger partial charge is 0.270 e. The predicted molar refractivity (Wildman–Crippen MR) is 80.3 cm³/mol. The lowest BCUT2D eigenvalue weighted by atomic mass is 10.1. The molecule has 0 atom stereocenters. The molecule has 2 aromatic carbocycles. The maximum Gasteiger partial charge on any atom is 0.270 e. The predicted octanol–water partition coefficient (Wildman–Crippen LogP) is 3.06. The molecule has 0 unspecified atom stereocenters. The van der Waals surface area contributed by atoms with Crippen molar-refractivity contribution in [2.24, 2.45) is 0 Å².